The number of benzene rings is 2. The molecule has 2 aliphatic rings. The molecule has 0 atom stereocenters. The van der Waals surface area contributed by atoms with Gasteiger partial charge in [0.1, 0.15) is 17.0 Å². The molecule has 8 nitrogen and oxygen atoms in total. The fourth-order valence-electron chi connectivity index (χ4n) is 4.74. The Morgan fingerprint density at radius 1 is 1.06 bits per heavy atom. The summed E-state index contributed by atoms with van der Waals surface area (Å²) in [7, 11) is 3.59. The Bertz CT molecular complexity index is 1020. The number of nitrogens with one attached hydrogen (secondary N) is 1. The number of alkyl halides is 2. The van der Waals surface area contributed by atoms with Crippen molar-refractivity contribution in [3.05, 3.63) is 54.1 Å². The minimum Gasteiger partial charge on any atom is -0.497 e. The lowest BCUT2D eigenvalue weighted by Gasteiger charge is -2.41. The van der Waals surface area contributed by atoms with Gasteiger partial charge >= 0.3 is 12.6 Å². The van der Waals surface area contributed by atoms with Crippen molar-refractivity contribution in [2.75, 3.05) is 45.8 Å². The lowest BCUT2D eigenvalue weighted by molar-refractivity contribution is -0.135. The van der Waals surface area contributed by atoms with E-state index in [2.05, 4.69) is 15.0 Å². The summed E-state index contributed by atoms with van der Waals surface area (Å²) >= 11 is 0. The van der Waals surface area contributed by atoms with Crippen LogP contribution in [0.4, 0.5) is 19.3 Å². The maximum Gasteiger partial charge on any atom is 0.387 e. The van der Waals surface area contributed by atoms with Crippen molar-refractivity contribution >= 4 is 17.6 Å². The van der Waals surface area contributed by atoms with Crippen LogP contribution in [-0.2, 0) is 11.2 Å². The van der Waals surface area contributed by atoms with Gasteiger partial charge in [0.05, 0.1) is 13.8 Å². The number of ether oxygens (including phenoxy) is 2. The number of rotatable bonds is 7. The third kappa shape index (κ3) is 5.48. The molecule has 4 rings (SSSR count). The number of carbonyl (C=O) groups is 2. The van der Waals surface area contributed by atoms with Crippen LogP contribution in [0.2, 0.25) is 0 Å². The predicted molar refractivity (Wildman–Crippen MR) is 127 cm³/mol. The van der Waals surface area contributed by atoms with Gasteiger partial charge in [-0.15, -0.1) is 0 Å². The van der Waals surface area contributed by atoms with Gasteiger partial charge in [-0.05, 0) is 68.3 Å². The van der Waals surface area contributed by atoms with Gasteiger partial charge in [-0.1, -0.05) is 12.1 Å². The molecule has 2 fully saturated rings. The molecule has 0 unspecified atom stereocenters. The van der Waals surface area contributed by atoms with Gasteiger partial charge in [0.25, 0.3) is 0 Å². The highest BCUT2D eigenvalue weighted by Crippen LogP contribution is 2.35. The van der Waals surface area contributed by atoms with Crippen molar-refractivity contribution < 1.29 is 27.8 Å². The highest BCUT2D eigenvalue weighted by Gasteiger charge is 2.52. The molecule has 0 radical (unpaired) electrons. The lowest BCUT2D eigenvalue weighted by atomic mass is 9.86. The van der Waals surface area contributed by atoms with E-state index in [0.29, 0.717) is 44.8 Å². The number of carbonyl (C=O) groups excluding carboxylic acids is 2. The summed E-state index contributed by atoms with van der Waals surface area (Å²) in [6.07, 6.45) is 1.86. The van der Waals surface area contributed by atoms with Crippen molar-refractivity contribution in [3.63, 3.8) is 0 Å². The van der Waals surface area contributed by atoms with Crippen molar-refractivity contribution in [1.29, 1.82) is 0 Å². The minimum atomic E-state index is -2.90. The number of hydrogen-bond donors (Lipinski definition) is 1. The molecule has 188 valence electrons. The zero-order valence-corrected chi connectivity index (χ0v) is 19.9. The largest absolute Gasteiger partial charge is 0.497 e. The van der Waals surface area contributed by atoms with Crippen LogP contribution < -0.4 is 14.8 Å². The van der Waals surface area contributed by atoms with Gasteiger partial charge in [-0.25, -0.2) is 4.79 Å². The standard InChI is InChI=1S/C25H30F2N4O4/c1-29-17-31(14-11-18-3-7-20(34-2)8-4-18)22(32)25(29)12-15-30(16-13-25)24(33)28-19-5-9-21(10-6-19)35-23(26)27/h3-10,23H,11-17H2,1-2H3,(H,28,33). The van der Waals surface area contributed by atoms with Crippen molar-refractivity contribution in [2.45, 2.75) is 31.4 Å². The molecule has 1 N–H and O–H groups in total. The monoisotopic (exact) mass is 488 g/mol. The van der Waals surface area contributed by atoms with Gasteiger partial charge in [0.15, 0.2) is 0 Å². The van der Waals surface area contributed by atoms with Crippen molar-refractivity contribution in [1.82, 2.24) is 14.7 Å². The molecule has 0 saturated carbocycles. The molecule has 3 amide bonds. The van der Waals surface area contributed by atoms with Gasteiger partial charge in [-0.2, -0.15) is 8.78 Å². The molecule has 1 spiro atoms. The van der Waals surface area contributed by atoms with Crippen molar-refractivity contribution in [3.8, 4) is 11.5 Å². The fourth-order valence-corrected chi connectivity index (χ4v) is 4.74. The molecule has 2 aliphatic heterocycles. The Kier molecular flexibility index (Phi) is 7.39. The maximum atomic E-state index is 13.4. The van der Waals surface area contributed by atoms with E-state index in [0.717, 1.165) is 17.7 Å². The number of likely N-dealkylation sites (N-methyl/N-ethyl adjacent to an activating group) is 1. The summed E-state index contributed by atoms with van der Waals surface area (Å²) in [5.41, 5.74) is 1.03. The molecule has 0 bridgehead atoms. The van der Waals surface area contributed by atoms with E-state index in [1.807, 2.05) is 36.2 Å². The number of anilines is 1. The van der Waals surface area contributed by atoms with Crippen LogP contribution in [0.3, 0.4) is 0 Å². The minimum absolute atomic E-state index is 0.0252. The average molecular weight is 489 g/mol. The van der Waals surface area contributed by atoms with Crippen LogP contribution in [0.1, 0.15) is 18.4 Å². The molecule has 0 aliphatic carbocycles. The number of likely N-dealkylation sites (tertiary alicyclic amines) is 1. The molecule has 10 heteroatoms. The molecular formula is C25H30F2N4O4. The molecule has 2 heterocycles. The lowest BCUT2D eigenvalue weighted by Crippen LogP contribution is -2.56. The van der Waals surface area contributed by atoms with Crippen molar-refractivity contribution in [2.24, 2.45) is 0 Å². The number of halogens is 2. The summed E-state index contributed by atoms with van der Waals surface area (Å²) < 4.78 is 34.1. The zero-order valence-electron chi connectivity index (χ0n) is 19.9. The van der Waals surface area contributed by atoms with E-state index in [1.54, 1.807) is 12.0 Å². The summed E-state index contributed by atoms with van der Waals surface area (Å²) in [5, 5.41) is 2.78. The SMILES string of the molecule is COc1ccc(CCN2CN(C)C3(CCN(C(=O)Nc4ccc(OC(F)F)cc4)CC3)C2=O)cc1. The Labute approximate surface area is 203 Å². The number of piperidine rings is 1. The molecular weight excluding hydrogens is 458 g/mol. The van der Waals surface area contributed by atoms with Gasteiger partial charge in [0.2, 0.25) is 5.91 Å². The van der Waals surface area contributed by atoms with E-state index in [4.69, 9.17) is 4.74 Å². The summed E-state index contributed by atoms with van der Waals surface area (Å²) in [6, 6.07) is 13.3. The normalized spacial score (nSPS) is 17.8. The van der Waals surface area contributed by atoms with Crippen LogP contribution in [0.25, 0.3) is 0 Å². The first-order valence-electron chi connectivity index (χ1n) is 11.5. The number of amides is 3. The molecule has 2 aromatic carbocycles. The van der Waals surface area contributed by atoms with Crippen LogP contribution in [0.15, 0.2) is 48.5 Å². The second-order valence-corrected chi connectivity index (χ2v) is 8.86. The summed E-state index contributed by atoms with van der Waals surface area (Å²) in [5.74, 6) is 0.943. The van der Waals surface area contributed by atoms with E-state index in [1.165, 1.54) is 24.3 Å². The highest BCUT2D eigenvalue weighted by molar-refractivity contribution is 5.91. The van der Waals surface area contributed by atoms with E-state index >= 15 is 0 Å². The van der Waals surface area contributed by atoms with Gasteiger partial charge < -0.3 is 24.6 Å². The molecule has 2 saturated heterocycles. The van der Waals surface area contributed by atoms with E-state index < -0.39 is 12.2 Å². The van der Waals surface area contributed by atoms with Gasteiger partial charge in [0, 0.05) is 25.3 Å². The van der Waals surface area contributed by atoms with Crippen LogP contribution in [-0.4, -0.2) is 79.2 Å². The predicted octanol–water partition coefficient (Wildman–Crippen LogP) is 3.64. The van der Waals surface area contributed by atoms with E-state index in [-0.39, 0.29) is 17.7 Å². The van der Waals surface area contributed by atoms with Crippen LogP contribution >= 0.6 is 0 Å². The Balaban J connectivity index is 1.29. The first-order chi connectivity index (χ1) is 16.8. The first-order valence-corrected chi connectivity index (χ1v) is 11.5. The fraction of sp³-hybridized carbons (Fsp3) is 0.440. The third-order valence-electron chi connectivity index (χ3n) is 6.84. The zero-order chi connectivity index (χ0) is 25.0. The Hall–Kier alpha value is -3.40. The second kappa shape index (κ2) is 10.5. The highest BCUT2D eigenvalue weighted by atomic mass is 19.3. The van der Waals surface area contributed by atoms with Gasteiger partial charge in [-0.3, -0.25) is 9.69 Å². The molecule has 2 aromatic rings. The number of hydrogen-bond acceptors (Lipinski definition) is 5. The Morgan fingerprint density at radius 3 is 2.29 bits per heavy atom. The van der Waals surface area contributed by atoms with Crippen LogP contribution in [0, 0.1) is 0 Å². The summed E-state index contributed by atoms with van der Waals surface area (Å²) in [6.45, 7) is -0.811. The topological polar surface area (TPSA) is 74.3 Å². The average Bonchev–Trinajstić information content (AvgIpc) is 3.08. The number of urea groups is 1. The second-order valence-electron chi connectivity index (χ2n) is 8.86. The smallest absolute Gasteiger partial charge is 0.387 e. The molecule has 0 aromatic heterocycles. The third-order valence-corrected chi connectivity index (χ3v) is 6.84. The quantitative estimate of drug-likeness (QED) is 0.644. The number of methoxy groups -OCH3 is 1. The number of nitrogens with zero attached hydrogens (tertiary/aromatic N) is 3. The molecule has 35 heavy (non-hydrogen) atoms. The first kappa shape index (κ1) is 24.7. The Morgan fingerprint density at radius 2 is 1.69 bits per heavy atom. The van der Waals surface area contributed by atoms with E-state index in [9.17, 15) is 18.4 Å². The van der Waals surface area contributed by atoms with Crippen LogP contribution in [0.5, 0.6) is 11.5 Å². The summed E-state index contributed by atoms with van der Waals surface area (Å²) in [4.78, 5) is 31.7. The maximum absolute atomic E-state index is 13.4.